The van der Waals surface area contributed by atoms with Crippen LogP contribution in [0, 0.1) is 0 Å². The monoisotopic (exact) mass is 318 g/mol. The van der Waals surface area contributed by atoms with E-state index in [0.29, 0.717) is 13.0 Å². The van der Waals surface area contributed by atoms with Gasteiger partial charge in [-0.25, -0.2) is 4.79 Å². The van der Waals surface area contributed by atoms with E-state index in [1.807, 2.05) is 24.3 Å². The van der Waals surface area contributed by atoms with Crippen molar-refractivity contribution in [3.63, 3.8) is 0 Å². The summed E-state index contributed by atoms with van der Waals surface area (Å²) in [6.45, 7) is 0.313. The molecule has 0 aliphatic carbocycles. The molecule has 1 amide bonds. The number of carboxylic acid groups (broad SMARTS) is 1. The molecule has 0 radical (unpaired) electrons. The molecule has 0 bridgehead atoms. The number of hydrogen-bond donors (Lipinski definition) is 3. The third-order valence-electron chi connectivity index (χ3n) is 3.27. The van der Waals surface area contributed by atoms with E-state index in [2.05, 4.69) is 10.3 Å². The number of carboxylic acids is 1. The first-order valence-electron chi connectivity index (χ1n) is 6.99. The summed E-state index contributed by atoms with van der Waals surface area (Å²) in [5.41, 5.74) is 1.05. The van der Waals surface area contributed by atoms with Crippen LogP contribution in [-0.4, -0.2) is 42.7 Å². The van der Waals surface area contributed by atoms with E-state index in [4.69, 9.17) is 14.6 Å². The fourth-order valence-electron chi connectivity index (χ4n) is 2.03. The lowest BCUT2D eigenvalue weighted by atomic mass is 10.1. The van der Waals surface area contributed by atoms with Gasteiger partial charge in [-0.15, -0.1) is 0 Å². The highest BCUT2D eigenvalue weighted by Gasteiger charge is 2.18. The molecule has 0 unspecified atom stereocenters. The van der Waals surface area contributed by atoms with Crippen molar-refractivity contribution in [1.82, 2.24) is 10.3 Å². The maximum atomic E-state index is 11.7. The van der Waals surface area contributed by atoms with Gasteiger partial charge in [0, 0.05) is 19.5 Å². The smallest absolute Gasteiger partial charge is 0.352 e. The van der Waals surface area contributed by atoms with Crippen LogP contribution in [0.5, 0.6) is 11.5 Å². The molecule has 1 aromatic heterocycles. The molecule has 0 aliphatic heterocycles. The maximum absolute atomic E-state index is 11.7. The number of amides is 1. The zero-order chi connectivity index (χ0) is 16.8. The van der Waals surface area contributed by atoms with Crippen LogP contribution in [0.15, 0.2) is 30.3 Å². The van der Waals surface area contributed by atoms with Crippen LogP contribution < -0.4 is 14.8 Å². The van der Waals surface area contributed by atoms with Gasteiger partial charge in [-0.05, 0) is 17.7 Å². The molecule has 0 saturated heterocycles. The Morgan fingerprint density at radius 1 is 1.26 bits per heavy atom. The van der Waals surface area contributed by atoms with Crippen LogP contribution in [-0.2, 0) is 6.42 Å². The summed E-state index contributed by atoms with van der Waals surface area (Å²) in [6.07, 6.45) is 0.616. The SMILES string of the molecule is CNC(=O)c1[nH]c(C(=O)O)cc1OCCc1ccc(OC)cc1. The summed E-state index contributed by atoms with van der Waals surface area (Å²) in [7, 11) is 3.06. The Bertz CT molecular complexity index is 691. The van der Waals surface area contributed by atoms with Crippen molar-refractivity contribution in [3.05, 3.63) is 47.3 Å². The number of methoxy groups -OCH3 is 1. The van der Waals surface area contributed by atoms with E-state index in [1.165, 1.54) is 13.1 Å². The average Bonchev–Trinajstić information content (AvgIpc) is 2.99. The number of carbonyl (C=O) groups excluding carboxylic acids is 1. The van der Waals surface area contributed by atoms with Crippen molar-refractivity contribution < 1.29 is 24.2 Å². The molecule has 3 N–H and O–H groups in total. The minimum Gasteiger partial charge on any atom is -0.497 e. The van der Waals surface area contributed by atoms with E-state index < -0.39 is 11.9 Å². The number of nitrogens with one attached hydrogen (secondary N) is 2. The first-order chi connectivity index (χ1) is 11.0. The Labute approximate surface area is 133 Å². The van der Waals surface area contributed by atoms with E-state index >= 15 is 0 Å². The maximum Gasteiger partial charge on any atom is 0.352 e. The number of ether oxygens (including phenoxy) is 2. The Morgan fingerprint density at radius 2 is 1.96 bits per heavy atom. The fraction of sp³-hybridized carbons (Fsp3) is 0.250. The third-order valence-corrected chi connectivity index (χ3v) is 3.27. The number of H-pyrrole nitrogens is 1. The lowest BCUT2D eigenvalue weighted by Crippen LogP contribution is -2.19. The molecule has 2 aromatic rings. The molecule has 122 valence electrons. The minimum absolute atomic E-state index is 0.0944. The summed E-state index contributed by atoms with van der Waals surface area (Å²) in [4.78, 5) is 25.3. The van der Waals surface area contributed by atoms with Gasteiger partial charge in [0.15, 0.2) is 5.75 Å². The molecule has 0 spiro atoms. The second-order valence-corrected chi connectivity index (χ2v) is 4.75. The van der Waals surface area contributed by atoms with E-state index in [0.717, 1.165) is 11.3 Å². The largest absolute Gasteiger partial charge is 0.497 e. The van der Waals surface area contributed by atoms with Crippen molar-refractivity contribution in [1.29, 1.82) is 0 Å². The van der Waals surface area contributed by atoms with Crippen LogP contribution in [0.1, 0.15) is 26.5 Å². The van der Waals surface area contributed by atoms with E-state index in [-0.39, 0.29) is 17.1 Å². The van der Waals surface area contributed by atoms with Gasteiger partial charge in [0.25, 0.3) is 5.91 Å². The normalized spacial score (nSPS) is 10.2. The first kappa shape index (κ1) is 16.4. The van der Waals surface area contributed by atoms with Crippen molar-refractivity contribution in [2.24, 2.45) is 0 Å². The zero-order valence-corrected chi connectivity index (χ0v) is 12.9. The molecular formula is C16H18N2O5. The second kappa shape index (κ2) is 7.35. The first-order valence-corrected chi connectivity index (χ1v) is 6.99. The summed E-state index contributed by atoms with van der Waals surface area (Å²) < 4.78 is 10.7. The fourth-order valence-corrected chi connectivity index (χ4v) is 2.03. The summed E-state index contributed by atoms with van der Waals surface area (Å²) in [5, 5.41) is 11.4. The van der Waals surface area contributed by atoms with E-state index in [9.17, 15) is 9.59 Å². The van der Waals surface area contributed by atoms with Crippen molar-refractivity contribution >= 4 is 11.9 Å². The van der Waals surface area contributed by atoms with Gasteiger partial charge in [0.2, 0.25) is 0 Å². The summed E-state index contributed by atoms with van der Waals surface area (Å²) in [6, 6.07) is 8.85. The number of aromatic carboxylic acids is 1. The second-order valence-electron chi connectivity index (χ2n) is 4.75. The van der Waals surface area contributed by atoms with Gasteiger partial charge in [-0.1, -0.05) is 12.1 Å². The number of hydrogen-bond acceptors (Lipinski definition) is 4. The molecule has 2 rings (SSSR count). The Hall–Kier alpha value is -2.96. The molecule has 23 heavy (non-hydrogen) atoms. The predicted molar refractivity (Wildman–Crippen MR) is 83.3 cm³/mol. The molecule has 0 saturated carbocycles. The number of benzene rings is 1. The summed E-state index contributed by atoms with van der Waals surface area (Å²) in [5.74, 6) is -0.597. The molecule has 1 aromatic carbocycles. The molecule has 1 heterocycles. The summed E-state index contributed by atoms with van der Waals surface area (Å²) >= 11 is 0. The number of aromatic nitrogens is 1. The Kier molecular flexibility index (Phi) is 5.24. The molecule has 0 aliphatic rings. The van der Waals surface area contributed by atoms with Gasteiger partial charge < -0.3 is 24.9 Å². The zero-order valence-electron chi connectivity index (χ0n) is 12.9. The molecule has 7 heteroatoms. The Morgan fingerprint density at radius 3 is 2.52 bits per heavy atom. The highest BCUT2D eigenvalue weighted by atomic mass is 16.5. The van der Waals surface area contributed by atoms with Gasteiger partial charge in [0.05, 0.1) is 13.7 Å². The van der Waals surface area contributed by atoms with Gasteiger partial charge in [0.1, 0.15) is 17.1 Å². The van der Waals surface area contributed by atoms with Crippen LogP contribution in [0.4, 0.5) is 0 Å². The van der Waals surface area contributed by atoms with E-state index in [1.54, 1.807) is 7.11 Å². The van der Waals surface area contributed by atoms with Crippen LogP contribution in [0.25, 0.3) is 0 Å². The number of carbonyl (C=O) groups is 2. The molecule has 0 atom stereocenters. The molecular weight excluding hydrogens is 300 g/mol. The topological polar surface area (TPSA) is 101 Å². The minimum atomic E-state index is -1.15. The standard InChI is InChI=1S/C16H18N2O5/c1-17-15(19)14-13(9-12(18-14)16(20)21)23-8-7-10-3-5-11(22-2)6-4-10/h3-6,9,18H,7-8H2,1-2H3,(H,17,19)(H,20,21). The van der Waals surface area contributed by atoms with Crippen LogP contribution in [0.3, 0.4) is 0 Å². The van der Waals surface area contributed by atoms with Gasteiger partial charge in [-0.3, -0.25) is 4.79 Å². The lowest BCUT2D eigenvalue weighted by Gasteiger charge is -2.07. The average molecular weight is 318 g/mol. The quantitative estimate of drug-likeness (QED) is 0.721. The van der Waals surface area contributed by atoms with Crippen molar-refractivity contribution in [2.75, 3.05) is 20.8 Å². The number of rotatable bonds is 7. The van der Waals surface area contributed by atoms with Gasteiger partial charge in [-0.2, -0.15) is 0 Å². The van der Waals surface area contributed by atoms with Crippen molar-refractivity contribution in [3.8, 4) is 11.5 Å². The highest BCUT2D eigenvalue weighted by Crippen LogP contribution is 2.21. The lowest BCUT2D eigenvalue weighted by molar-refractivity contribution is 0.0691. The van der Waals surface area contributed by atoms with Crippen molar-refractivity contribution in [2.45, 2.75) is 6.42 Å². The van der Waals surface area contributed by atoms with Crippen LogP contribution in [0.2, 0.25) is 0 Å². The highest BCUT2D eigenvalue weighted by molar-refractivity contribution is 5.97. The number of aromatic amines is 1. The Balaban J connectivity index is 2.03. The molecule has 0 fully saturated rings. The molecule has 7 nitrogen and oxygen atoms in total. The third kappa shape index (κ3) is 4.03. The van der Waals surface area contributed by atoms with Crippen LogP contribution >= 0.6 is 0 Å². The predicted octanol–water partition coefficient (Wildman–Crippen LogP) is 1.70. The van der Waals surface area contributed by atoms with Gasteiger partial charge >= 0.3 is 5.97 Å².